The molecule has 19 heavy (non-hydrogen) atoms. The first kappa shape index (κ1) is 15.8. The average Bonchev–Trinajstić information content (AvgIpc) is 2.28. The number of urea groups is 1. The van der Waals surface area contributed by atoms with Gasteiger partial charge in [-0.2, -0.15) is 0 Å². The van der Waals surface area contributed by atoms with Crippen molar-refractivity contribution in [3.05, 3.63) is 24.6 Å². The van der Waals surface area contributed by atoms with E-state index in [0.29, 0.717) is 5.70 Å². The van der Waals surface area contributed by atoms with Gasteiger partial charge in [-0.1, -0.05) is 0 Å². The van der Waals surface area contributed by atoms with E-state index in [1.54, 1.807) is 4.90 Å². The molecule has 1 rings (SSSR count). The molecule has 5 heteroatoms. The second-order valence-corrected chi connectivity index (χ2v) is 5.79. The van der Waals surface area contributed by atoms with Crippen LogP contribution in [0.5, 0.6) is 0 Å². The molecule has 2 atom stereocenters. The Kier molecular flexibility index (Phi) is 5.64. The average molecular weight is 258 g/mol. The van der Waals surface area contributed by atoms with Gasteiger partial charge in [0.05, 0.1) is 0 Å². The van der Waals surface area contributed by atoms with Crippen molar-refractivity contribution in [2.24, 2.45) is 0 Å². The molecule has 1 N–H and O–H groups in total. The van der Waals surface area contributed by atoms with Crippen molar-refractivity contribution in [1.82, 2.24) is 10.2 Å². The maximum absolute atomic E-state index is 11.9. The molecule has 0 saturated heterocycles. The Hall–Kier alpha value is -1.25. The summed E-state index contributed by atoms with van der Waals surface area (Å²) < 4.78 is 0. The fraction of sp³-hybridized carbons (Fsp3) is 0.571. The molecule has 0 aromatic heterocycles. The zero-order valence-electron chi connectivity index (χ0n) is 12.4. The number of hydrogen-bond acceptors (Lipinski definition) is 1. The van der Waals surface area contributed by atoms with E-state index in [-0.39, 0.29) is 17.4 Å². The van der Waals surface area contributed by atoms with Gasteiger partial charge in [-0.25, -0.2) is 0 Å². The summed E-state index contributed by atoms with van der Waals surface area (Å²) in [5, 5.41) is 2.95. The summed E-state index contributed by atoms with van der Waals surface area (Å²) in [4.78, 5) is 13.7. The van der Waals surface area contributed by atoms with Crippen LogP contribution in [0.2, 0.25) is 11.6 Å². The molecule has 2 amide bonds. The SMILES string of the molecule is BC(CB=C)(CCC)CC(C)N1C=CC(=C)NC1=O. The van der Waals surface area contributed by atoms with E-state index in [2.05, 4.69) is 40.1 Å². The number of allylic oxidation sites excluding steroid dienone is 1. The predicted octanol–water partition coefficient (Wildman–Crippen LogP) is 1.96. The summed E-state index contributed by atoms with van der Waals surface area (Å²) in [6, 6.07) is 0.0818. The van der Waals surface area contributed by atoms with E-state index < -0.39 is 0 Å². The third-order valence-corrected chi connectivity index (χ3v) is 3.69. The minimum atomic E-state index is -0.0857. The molecule has 2 unspecified atom stereocenters. The molecule has 0 radical (unpaired) electrons. The van der Waals surface area contributed by atoms with Crippen LogP contribution in [0, 0.1) is 0 Å². The molecular formula is C14H24B2N2O. The van der Waals surface area contributed by atoms with Crippen LogP contribution in [0.4, 0.5) is 4.79 Å². The van der Waals surface area contributed by atoms with E-state index in [1.807, 2.05) is 19.2 Å². The Balaban J connectivity index is 2.74. The second kappa shape index (κ2) is 6.78. The second-order valence-electron chi connectivity index (χ2n) is 5.79. The Morgan fingerprint density at radius 1 is 1.63 bits per heavy atom. The number of nitrogens with one attached hydrogen (secondary N) is 1. The van der Waals surface area contributed by atoms with Crippen molar-refractivity contribution in [2.45, 2.75) is 50.8 Å². The minimum absolute atomic E-state index is 0.0857. The molecule has 0 bridgehead atoms. The van der Waals surface area contributed by atoms with E-state index in [0.717, 1.165) is 25.6 Å². The van der Waals surface area contributed by atoms with Gasteiger partial charge in [0.15, 0.2) is 0 Å². The first-order valence-electron chi connectivity index (χ1n) is 6.99. The molecule has 0 spiro atoms. The Morgan fingerprint density at radius 2 is 2.32 bits per heavy atom. The molecule has 0 aromatic rings. The van der Waals surface area contributed by atoms with Gasteiger partial charge in [0.25, 0.3) is 0 Å². The summed E-state index contributed by atoms with van der Waals surface area (Å²) in [6.07, 6.45) is 7.91. The number of hydrogen-bond donors (Lipinski definition) is 1. The zero-order valence-corrected chi connectivity index (χ0v) is 12.4. The van der Waals surface area contributed by atoms with Gasteiger partial charge in [-0.3, -0.25) is 0 Å². The first-order valence-corrected chi connectivity index (χ1v) is 6.99. The van der Waals surface area contributed by atoms with E-state index in [4.69, 9.17) is 0 Å². The fourth-order valence-corrected chi connectivity index (χ4v) is 2.88. The summed E-state index contributed by atoms with van der Waals surface area (Å²) in [7, 11) is 2.28. The van der Waals surface area contributed by atoms with Gasteiger partial charge in [0.2, 0.25) is 0 Å². The third kappa shape index (κ3) is 4.41. The van der Waals surface area contributed by atoms with Crippen LogP contribution in [0.1, 0.15) is 33.1 Å². The molecule has 1 aliphatic rings. The Morgan fingerprint density at radius 3 is 2.84 bits per heavy atom. The molecule has 1 aliphatic heterocycles. The summed E-state index contributed by atoms with van der Waals surface area (Å²) in [5.41, 5.74) is 0.649. The zero-order chi connectivity index (χ0) is 14.5. The van der Waals surface area contributed by atoms with Crippen LogP contribution in [0.25, 0.3) is 0 Å². The van der Waals surface area contributed by atoms with Crippen LogP contribution in [-0.2, 0) is 0 Å². The molecule has 0 fully saturated rings. The van der Waals surface area contributed by atoms with Gasteiger partial charge in [-0.15, -0.1) is 0 Å². The van der Waals surface area contributed by atoms with Crippen molar-refractivity contribution in [3.8, 4) is 0 Å². The number of carbonyl (C=O) groups excluding carboxylic acids is 1. The molecule has 0 aromatic carbocycles. The van der Waals surface area contributed by atoms with Gasteiger partial charge < -0.3 is 0 Å². The molecule has 0 saturated carbocycles. The first-order chi connectivity index (χ1) is 8.91. The van der Waals surface area contributed by atoms with Crippen molar-refractivity contribution < 1.29 is 4.79 Å². The van der Waals surface area contributed by atoms with Crippen LogP contribution in [0.3, 0.4) is 0 Å². The molecule has 3 nitrogen and oxygen atoms in total. The van der Waals surface area contributed by atoms with Crippen molar-refractivity contribution in [1.29, 1.82) is 0 Å². The number of nitrogens with zero attached hydrogens (tertiary/aromatic N) is 1. The van der Waals surface area contributed by atoms with Gasteiger partial charge in [0.1, 0.15) is 0 Å². The number of rotatable bonds is 7. The van der Waals surface area contributed by atoms with Crippen LogP contribution < -0.4 is 5.32 Å². The van der Waals surface area contributed by atoms with Crippen molar-refractivity contribution in [2.75, 3.05) is 0 Å². The summed E-state index contributed by atoms with van der Waals surface area (Å²) in [5.74, 6) is 0. The van der Waals surface area contributed by atoms with E-state index >= 15 is 0 Å². The van der Waals surface area contributed by atoms with Crippen LogP contribution in [0.15, 0.2) is 24.6 Å². The third-order valence-electron chi connectivity index (χ3n) is 3.69. The molecule has 0 aliphatic carbocycles. The van der Waals surface area contributed by atoms with E-state index in [9.17, 15) is 4.79 Å². The topological polar surface area (TPSA) is 32.3 Å². The summed E-state index contributed by atoms with van der Waals surface area (Å²) >= 11 is 0. The van der Waals surface area contributed by atoms with Crippen LogP contribution >= 0.6 is 0 Å². The maximum atomic E-state index is 11.9. The summed E-state index contributed by atoms with van der Waals surface area (Å²) in [6.45, 7) is 13.9. The standard InChI is InChI=1S/C14H24B2N2O/c1-5-7-14(15,10-16-4)9-12(3)18-8-6-11(2)17-13(18)19/h6,8,12H,2,4-5,7,9-10,15H2,1,3H3,(H,17,19). The quantitative estimate of drug-likeness (QED) is 0.695. The van der Waals surface area contributed by atoms with E-state index in [1.165, 1.54) is 0 Å². The van der Waals surface area contributed by atoms with Crippen LogP contribution in [-0.4, -0.2) is 38.2 Å². The van der Waals surface area contributed by atoms with Gasteiger partial charge in [-0.05, 0) is 0 Å². The number of amides is 2. The molecule has 102 valence electrons. The molecule has 1 heterocycles. The van der Waals surface area contributed by atoms with Gasteiger partial charge >= 0.3 is 118 Å². The fourth-order valence-electron chi connectivity index (χ4n) is 2.88. The van der Waals surface area contributed by atoms with Crippen molar-refractivity contribution >= 4 is 27.3 Å². The predicted molar refractivity (Wildman–Crippen MR) is 86.6 cm³/mol. The molecular weight excluding hydrogens is 234 g/mol. The Labute approximate surface area is 118 Å². The normalized spacial score (nSPS) is 19.6. The number of carbonyl (C=O) groups is 1. The van der Waals surface area contributed by atoms with Gasteiger partial charge in [0, 0.05) is 0 Å². The van der Waals surface area contributed by atoms with Crippen molar-refractivity contribution in [3.63, 3.8) is 0 Å². The Bertz CT molecular complexity index is 395. The monoisotopic (exact) mass is 258 g/mol.